The topological polar surface area (TPSA) is 36.9 Å². The first kappa shape index (κ1) is 32.8. The van der Waals surface area contributed by atoms with Crippen LogP contribution in [-0.2, 0) is 25.2 Å². The van der Waals surface area contributed by atoms with Crippen LogP contribution in [0.1, 0.15) is 119 Å². The third kappa shape index (κ3) is 9.67. The van der Waals surface area contributed by atoms with Gasteiger partial charge in [0.2, 0.25) is 8.32 Å². The minimum Gasteiger partial charge on any atom is -0.413 e. The zero-order chi connectivity index (χ0) is 28.4. The quantitative estimate of drug-likeness (QED) is 0.200. The van der Waals surface area contributed by atoms with Crippen molar-refractivity contribution in [1.82, 2.24) is 0 Å². The first-order valence-corrected chi connectivity index (χ1v) is 18.4. The molecule has 0 amide bonds. The Bertz CT molecular complexity index is 776. The fourth-order valence-electron chi connectivity index (χ4n) is 7.61. The Kier molecular flexibility index (Phi) is 13.5. The van der Waals surface area contributed by atoms with Gasteiger partial charge in [-0.25, -0.2) is 0 Å². The maximum absolute atomic E-state index is 7.31. The minimum atomic E-state index is -1.91. The molecule has 0 aromatic heterocycles. The van der Waals surface area contributed by atoms with Crippen LogP contribution in [0.25, 0.3) is 0 Å². The molecule has 2 aliphatic heterocycles. The lowest BCUT2D eigenvalue weighted by molar-refractivity contribution is -0.131. The van der Waals surface area contributed by atoms with Gasteiger partial charge in [-0.05, 0) is 79.5 Å². The van der Waals surface area contributed by atoms with E-state index in [1.165, 1.54) is 18.4 Å². The van der Waals surface area contributed by atoms with E-state index in [2.05, 4.69) is 85.7 Å². The average Bonchev–Trinajstić information content (AvgIpc) is 2.87. The van der Waals surface area contributed by atoms with Crippen LogP contribution in [-0.4, -0.2) is 45.4 Å². The Hall–Kier alpha value is -0.723. The highest BCUT2D eigenvalue weighted by Gasteiger charge is 2.48. The van der Waals surface area contributed by atoms with E-state index in [1.807, 2.05) is 0 Å². The molecule has 0 aliphatic carbocycles. The van der Waals surface area contributed by atoms with E-state index in [1.54, 1.807) is 0 Å². The maximum Gasteiger partial charge on any atom is 0.200 e. The van der Waals surface area contributed by atoms with Crippen molar-refractivity contribution in [2.45, 2.75) is 167 Å². The van der Waals surface area contributed by atoms with E-state index >= 15 is 0 Å². The van der Waals surface area contributed by atoms with Crippen LogP contribution >= 0.6 is 0 Å². The van der Waals surface area contributed by atoms with E-state index < -0.39 is 8.32 Å². The smallest absolute Gasteiger partial charge is 0.200 e. The van der Waals surface area contributed by atoms with Gasteiger partial charge in [0, 0.05) is 6.61 Å². The molecule has 2 aliphatic rings. The van der Waals surface area contributed by atoms with E-state index in [0.29, 0.717) is 53.6 Å². The molecule has 0 bridgehead atoms. The first-order valence-electron chi connectivity index (χ1n) is 16.2. The van der Waals surface area contributed by atoms with Crippen molar-refractivity contribution in [3.05, 3.63) is 35.9 Å². The maximum atomic E-state index is 7.31. The lowest BCUT2D eigenvalue weighted by Crippen LogP contribution is -2.52. The lowest BCUT2D eigenvalue weighted by Gasteiger charge is -2.47. The van der Waals surface area contributed by atoms with Gasteiger partial charge in [0.25, 0.3) is 0 Å². The molecule has 0 spiro atoms. The Labute approximate surface area is 242 Å². The summed E-state index contributed by atoms with van der Waals surface area (Å²) in [6, 6.07) is 10.5. The highest BCUT2D eigenvalue weighted by Crippen LogP contribution is 2.45. The summed E-state index contributed by atoms with van der Waals surface area (Å²) in [5.74, 6) is 0.497. The zero-order valence-corrected chi connectivity index (χ0v) is 27.5. The Morgan fingerprint density at radius 2 is 1.44 bits per heavy atom. The van der Waals surface area contributed by atoms with Crippen molar-refractivity contribution in [3.63, 3.8) is 0 Å². The molecule has 0 saturated carbocycles. The number of benzene rings is 1. The van der Waals surface area contributed by atoms with Gasteiger partial charge in [0.05, 0.1) is 37.1 Å². The van der Waals surface area contributed by atoms with Crippen molar-refractivity contribution in [3.8, 4) is 0 Å². The summed E-state index contributed by atoms with van der Waals surface area (Å²) in [5, 5.41) is 0. The van der Waals surface area contributed by atoms with Gasteiger partial charge in [0.1, 0.15) is 0 Å². The van der Waals surface area contributed by atoms with Gasteiger partial charge in [-0.1, -0.05) is 92.1 Å². The SMILES string of the molecule is CCC[C@@H]1C[C@H](O[Si](C(C)C)(C(C)C)C(C)C)C[C@H](C[C@@H]2CCC[C@H](C[C@@H](C)COCc3ccccc3)O2)O1. The Morgan fingerprint density at radius 1 is 0.821 bits per heavy atom. The monoisotopic (exact) mass is 560 g/mol. The van der Waals surface area contributed by atoms with E-state index in [0.717, 1.165) is 51.6 Å². The van der Waals surface area contributed by atoms with Crippen LogP contribution in [0.4, 0.5) is 0 Å². The molecule has 0 radical (unpaired) electrons. The number of rotatable bonds is 15. The molecule has 2 saturated heterocycles. The van der Waals surface area contributed by atoms with Gasteiger partial charge in [-0.3, -0.25) is 0 Å². The molecule has 2 fully saturated rings. The lowest BCUT2D eigenvalue weighted by atomic mass is 9.91. The minimum absolute atomic E-state index is 0.244. The average molecular weight is 561 g/mol. The number of hydrogen-bond acceptors (Lipinski definition) is 4. The summed E-state index contributed by atoms with van der Waals surface area (Å²) in [4.78, 5) is 0. The fourth-order valence-corrected chi connectivity index (χ4v) is 13.2. The first-order chi connectivity index (χ1) is 18.6. The van der Waals surface area contributed by atoms with Crippen LogP contribution in [0.2, 0.25) is 16.6 Å². The molecule has 2 heterocycles. The van der Waals surface area contributed by atoms with Crippen LogP contribution in [0.3, 0.4) is 0 Å². The molecule has 224 valence electrons. The van der Waals surface area contributed by atoms with Crippen LogP contribution in [0, 0.1) is 5.92 Å². The molecular formula is C34H60O4Si. The van der Waals surface area contributed by atoms with Crippen molar-refractivity contribution in [1.29, 1.82) is 0 Å². The molecule has 6 atom stereocenters. The van der Waals surface area contributed by atoms with Crippen molar-refractivity contribution >= 4 is 8.32 Å². The Morgan fingerprint density at radius 3 is 2.08 bits per heavy atom. The third-order valence-electron chi connectivity index (χ3n) is 9.27. The Balaban J connectivity index is 1.53. The van der Waals surface area contributed by atoms with Gasteiger partial charge < -0.3 is 18.6 Å². The van der Waals surface area contributed by atoms with Crippen molar-refractivity contribution < 1.29 is 18.6 Å². The van der Waals surface area contributed by atoms with E-state index in [-0.39, 0.29) is 6.10 Å². The summed E-state index contributed by atoms with van der Waals surface area (Å²) in [7, 11) is -1.91. The number of ether oxygens (including phenoxy) is 3. The molecule has 0 N–H and O–H groups in total. The molecule has 1 aromatic carbocycles. The highest BCUT2D eigenvalue weighted by atomic mass is 28.4. The van der Waals surface area contributed by atoms with Crippen molar-refractivity contribution in [2.24, 2.45) is 5.92 Å². The summed E-state index contributed by atoms with van der Waals surface area (Å²) < 4.78 is 26.7. The summed E-state index contributed by atoms with van der Waals surface area (Å²) >= 11 is 0. The van der Waals surface area contributed by atoms with E-state index in [9.17, 15) is 0 Å². The number of hydrogen-bond donors (Lipinski definition) is 0. The normalized spacial score (nSPS) is 27.4. The predicted molar refractivity (Wildman–Crippen MR) is 166 cm³/mol. The van der Waals surface area contributed by atoms with Gasteiger partial charge in [0.15, 0.2) is 0 Å². The van der Waals surface area contributed by atoms with E-state index in [4.69, 9.17) is 18.6 Å². The van der Waals surface area contributed by atoms with Crippen LogP contribution < -0.4 is 0 Å². The highest BCUT2D eigenvalue weighted by molar-refractivity contribution is 6.77. The second kappa shape index (κ2) is 16.1. The molecule has 4 nitrogen and oxygen atoms in total. The van der Waals surface area contributed by atoms with Crippen molar-refractivity contribution in [2.75, 3.05) is 6.61 Å². The molecule has 1 aromatic rings. The van der Waals surface area contributed by atoms with Gasteiger partial charge in [-0.2, -0.15) is 0 Å². The van der Waals surface area contributed by atoms with Gasteiger partial charge >= 0.3 is 0 Å². The van der Waals surface area contributed by atoms with Crippen LogP contribution in [0.15, 0.2) is 30.3 Å². The second-order valence-corrected chi connectivity index (χ2v) is 19.0. The molecule has 5 heteroatoms. The predicted octanol–water partition coefficient (Wildman–Crippen LogP) is 9.47. The summed E-state index contributed by atoms with van der Waals surface area (Å²) in [6.45, 7) is 20.4. The zero-order valence-electron chi connectivity index (χ0n) is 26.5. The molecule has 3 rings (SSSR count). The summed E-state index contributed by atoms with van der Waals surface area (Å²) in [5.41, 5.74) is 3.09. The summed E-state index contributed by atoms with van der Waals surface area (Å²) in [6.07, 6.45) is 11.6. The second-order valence-electron chi connectivity index (χ2n) is 13.6. The fraction of sp³-hybridized carbons (Fsp3) is 0.824. The molecular weight excluding hydrogens is 500 g/mol. The molecule has 39 heavy (non-hydrogen) atoms. The third-order valence-corrected chi connectivity index (χ3v) is 15.4. The standard InChI is InChI=1S/C34H60O4Si/c1-9-14-30-21-34(38-39(25(2)3,26(4)5)27(6)7)22-33(37-30)20-32-18-13-17-31(36-32)19-28(8)23-35-24-29-15-11-10-12-16-29/h10-12,15-16,25-28,30-34H,9,13-14,17-24H2,1-8H3/t28-,30-,31-,32+,33+,34+/m1/s1. The molecule has 0 unspecified atom stereocenters. The van der Waals surface area contributed by atoms with Crippen LogP contribution in [0.5, 0.6) is 0 Å². The largest absolute Gasteiger partial charge is 0.413 e. The van der Waals surface area contributed by atoms with Gasteiger partial charge in [-0.15, -0.1) is 0 Å².